The maximum atomic E-state index is 12.6. The zero-order chi connectivity index (χ0) is 26.0. The number of nitrogens with one attached hydrogen (secondary N) is 1. The number of aliphatic imine (C=N–C) groups is 1. The van der Waals surface area contributed by atoms with E-state index in [4.69, 9.17) is 31.2 Å². The van der Waals surface area contributed by atoms with E-state index in [9.17, 15) is 13.2 Å². The molecule has 10 nitrogen and oxygen atoms in total. The maximum Gasteiger partial charge on any atom is 0.283 e. The lowest BCUT2D eigenvalue weighted by molar-refractivity contribution is -0.114. The average molecular weight is 549 g/mol. The van der Waals surface area contributed by atoms with Gasteiger partial charge in [0.05, 0.1) is 29.7 Å². The number of para-hydroxylation sites is 1. The van der Waals surface area contributed by atoms with Gasteiger partial charge in [-0.3, -0.25) is 10.2 Å². The minimum absolute atomic E-state index is 0.00912. The van der Waals surface area contributed by atoms with Gasteiger partial charge >= 0.3 is 0 Å². The van der Waals surface area contributed by atoms with Gasteiger partial charge in [0.1, 0.15) is 24.8 Å². The fourth-order valence-corrected chi connectivity index (χ4v) is 5.50. The normalized spacial score (nSPS) is 16.6. The quantitative estimate of drug-likeness (QED) is 0.314. The molecule has 0 aliphatic carbocycles. The fraction of sp³-hybridized carbons (Fsp3) is 0.217. The smallest absolute Gasteiger partial charge is 0.283 e. The highest BCUT2D eigenvalue weighted by atomic mass is 35.5. The number of hydrogen-bond acceptors (Lipinski definition) is 9. The Labute approximate surface area is 217 Å². The first-order valence-electron chi connectivity index (χ1n) is 10.5. The van der Waals surface area contributed by atoms with Crippen LogP contribution in [-0.2, 0) is 14.6 Å². The molecule has 0 unspecified atom stereocenters. The molecule has 1 amide bonds. The molecule has 13 heteroatoms. The molecule has 0 radical (unpaired) electrons. The van der Waals surface area contributed by atoms with Gasteiger partial charge in [-0.25, -0.2) is 13.3 Å². The first kappa shape index (κ1) is 25.7. The lowest BCUT2D eigenvalue weighted by Gasteiger charge is -2.24. The number of rotatable bonds is 7. The van der Waals surface area contributed by atoms with E-state index in [0.717, 1.165) is 34.4 Å². The number of methoxy groups -OCH3 is 1. The van der Waals surface area contributed by atoms with E-state index in [0.29, 0.717) is 17.1 Å². The number of nitrogens with zero attached hydrogens (tertiary/aromatic N) is 3. The second-order valence-electron chi connectivity index (χ2n) is 7.68. The van der Waals surface area contributed by atoms with Gasteiger partial charge in [0, 0.05) is 6.26 Å². The summed E-state index contributed by atoms with van der Waals surface area (Å²) in [7, 11) is -2.30. The molecular formula is C23H21ClN4O6S2. The highest BCUT2D eigenvalue weighted by Gasteiger charge is 2.41. The van der Waals surface area contributed by atoms with Crippen molar-refractivity contribution in [3.63, 3.8) is 0 Å². The van der Waals surface area contributed by atoms with E-state index in [1.54, 1.807) is 12.1 Å². The summed E-state index contributed by atoms with van der Waals surface area (Å²) in [5, 5.41) is 8.31. The number of carbonyl (C=O) groups is 1. The number of halogens is 1. The molecule has 2 aromatic carbocycles. The molecule has 2 heterocycles. The second kappa shape index (κ2) is 10.3. The predicted octanol–water partition coefficient (Wildman–Crippen LogP) is 3.74. The molecule has 0 bridgehead atoms. The summed E-state index contributed by atoms with van der Waals surface area (Å²) in [6.45, 7) is 2.43. The maximum absolute atomic E-state index is 12.6. The van der Waals surface area contributed by atoms with E-state index in [2.05, 4.69) is 9.39 Å². The Bertz CT molecular complexity index is 1450. The molecule has 36 heavy (non-hydrogen) atoms. The number of aryl methyl sites for hydroxylation is 1. The van der Waals surface area contributed by atoms with Gasteiger partial charge in [0.25, 0.3) is 5.91 Å². The minimum atomic E-state index is -3.75. The molecule has 188 valence electrons. The lowest BCUT2D eigenvalue weighted by atomic mass is 10.1. The summed E-state index contributed by atoms with van der Waals surface area (Å²) in [6, 6.07) is 10.8. The standard InChI is InChI=1S/C23H21ClN4O6S2/c1-13-6-4-5-7-17(13)33-8-9-34-19-16(24)11-14(12-18(19)32-2)10-15-20(25)28-22(26-21(15)29)35-27-23(28)36(3,30)31/h4-7,10-12,25H,8-9H2,1-3H3. The number of benzene rings is 2. The molecule has 0 aromatic heterocycles. The van der Waals surface area contributed by atoms with E-state index in [1.165, 1.54) is 13.2 Å². The second-order valence-corrected chi connectivity index (χ2v) is 10.7. The van der Waals surface area contributed by atoms with Gasteiger partial charge in [-0.1, -0.05) is 29.8 Å². The summed E-state index contributed by atoms with van der Waals surface area (Å²) < 4.78 is 44.9. The summed E-state index contributed by atoms with van der Waals surface area (Å²) >= 11 is 7.17. The molecule has 0 saturated heterocycles. The lowest BCUT2D eigenvalue weighted by Crippen LogP contribution is -2.45. The summed E-state index contributed by atoms with van der Waals surface area (Å²) in [4.78, 5) is 17.5. The van der Waals surface area contributed by atoms with Crippen LogP contribution in [0, 0.1) is 12.3 Å². The first-order chi connectivity index (χ1) is 17.1. The zero-order valence-electron chi connectivity index (χ0n) is 19.4. The van der Waals surface area contributed by atoms with E-state index in [-0.39, 0.29) is 40.0 Å². The van der Waals surface area contributed by atoms with Crippen molar-refractivity contribution in [3.05, 3.63) is 58.1 Å². The number of ether oxygens (including phenoxy) is 3. The zero-order valence-corrected chi connectivity index (χ0v) is 21.8. The molecule has 1 N–H and O–H groups in total. The van der Waals surface area contributed by atoms with Gasteiger partial charge in [-0.15, -0.1) is 0 Å². The molecule has 0 spiro atoms. The Balaban J connectivity index is 1.54. The van der Waals surface area contributed by atoms with Crippen molar-refractivity contribution >= 4 is 61.5 Å². The Kier molecular flexibility index (Phi) is 7.38. The van der Waals surface area contributed by atoms with Gasteiger partial charge < -0.3 is 14.2 Å². The van der Waals surface area contributed by atoms with Crippen LogP contribution < -0.4 is 14.2 Å². The van der Waals surface area contributed by atoms with Crippen molar-refractivity contribution < 1.29 is 27.4 Å². The van der Waals surface area contributed by atoms with Crippen molar-refractivity contribution in [2.45, 2.75) is 6.92 Å². The molecule has 0 saturated carbocycles. The Morgan fingerprint density at radius 1 is 1.17 bits per heavy atom. The molecule has 4 rings (SSSR count). The number of amidine groups is 3. The number of sulfone groups is 1. The van der Waals surface area contributed by atoms with Crippen LogP contribution >= 0.6 is 23.5 Å². The van der Waals surface area contributed by atoms with Crippen LogP contribution in [0.5, 0.6) is 17.2 Å². The molecule has 0 fully saturated rings. The van der Waals surface area contributed by atoms with Crippen LogP contribution in [-0.4, -0.2) is 62.0 Å². The van der Waals surface area contributed by atoms with Crippen molar-refractivity contribution in [1.82, 2.24) is 4.90 Å². The molecule has 0 atom stereocenters. The Morgan fingerprint density at radius 2 is 1.89 bits per heavy atom. The van der Waals surface area contributed by atoms with Gasteiger partial charge in [0.2, 0.25) is 20.2 Å². The van der Waals surface area contributed by atoms with Crippen molar-refractivity contribution in [2.75, 3.05) is 26.6 Å². The molecule has 2 aromatic rings. The third kappa shape index (κ3) is 5.25. The monoisotopic (exact) mass is 548 g/mol. The SMILES string of the molecule is COc1cc(C=C2C(=N)N3C(=NC2=O)SN=C3S(C)(=O)=O)cc(Cl)c1OCCOc1ccccc1C. The van der Waals surface area contributed by atoms with E-state index in [1.807, 2.05) is 31.2 Å². The largest absolute Gasteiger partial charge is 0.493 e. The Morgan fingerprint density at radius 3 is 2.58 bits per heavy atom. The van der Waals surface area contributed by atoms with Crippen molar-refractivity contribution in [2.24, 2.45) is 9.39 Å². The van der Waals surface area contributed by atoms with Crippen LogP contribution in [0.15, 0.2) is 51.4 Å². The fourth-order valence-electron chi connectivity index (χ4n) is 3.38. The van der Waals surface area contributed by atoms with Gasteiger partial charge in [-0.05, 0) is 42.3 Å². The van der Waals surface area contributed by atoms with Crippen LogP contribution in [0.4, 0.5) is 0 Å². The van der Waals surface area contributed by atoms with Crippen LogP contribution in [0.2, 0.25) is 5.02 Å². The Hall–Kier alpha value is -3.35. The summed E-state index contributed by atoms with van der Waals surface area (Å²) in [5.41, 5.74) is 1.31. The highest BCUT2D eigenvalue weighted by Crippen LogP contribution is 2.38. The number of carbonyl (C=O) groups excluding carboxylic acids is 1. The highest BCUT2D eigenvalue weighted by molar-refractivity contribution is 8.16. The minimum Gasteiger partial charge on any atom is -0.493 e. The van der Waals surface area contributed by atoms with Crippen LogP contribution in [0.3, 0.4) is 0 Å². The first-order valence-corrected chi connectivity index (χ1v) is 13.5. The van der Waals surface area contributed by atoms with Gasteiger partial charge in [0.15, 0.2) is 11.5 Å². The van der Waals surface area contributed by atoms with Crippen LogP contribution in [0.25, 0.3) is 6.08 Å². The summed E-state index contributed by atoms with van der Waals surface area (Å²) in [6.07, 6.45) is 2.35. The molecular weight excluding hydrogens is 528 g/mol. The van der Waals surface area contributed by atoms with Crippen molar-refractivity contribution in [1.29, 1.82) is 5.41 Å². The number of hydrogen-bond donors (Lipinski definition) is 1. The third-order valence-corrected chi connectivity index (χ3v) is 7.10. The van der Waals surface area contributed by atoms with E-state index < -0.39 is 15.7 Å². The average Bonchev–Trinajstić information content (AvgIpc) is 3.26. The van der Waals surface area contributed by atoms with Crippen LogP contribution in [0.1, 0.15) is 11.1 Å². The summed E-state index contributed by atoms with van der Waals surface area (Å²) in [5.74, 6) is 0.296. The third-order valence-electron chi connectivity index (χ3n) is 5.07. The van der Waals surface area contributed by atoms with E-state index >= 15 is 0 Å². The van der Waals surface area contributed by atoms with Gasteiger partial charge in [-0.2, -0.15) is 9.39 Å². The molecule has 2 aliphatic heterocycles. The van der Waals surface area contributed by atoms with Crippen molar-refractivity contribution in [3.8, 4) is 17.2 Å². The molecule has 2 aliphatic rings. The number of amides is 1. The topological polar surface area (TPSA) is 131 Å². The number of fused-ring (bicyclic) bond motifs is 1. The predicted molar refractivity (Wildman–Crippen MR) is 140 cm³/mol.